The number of aromatic hydroxyl groups is 3. The first kappa shape index (κ1) is 73.3. The number of hydrogen-bond acceptors (Lipinski definition) is 16. The summed E-state index contributed by atoms with van der Waals surface area (Å²) in [6.45, 7) is 27.0. The molecule has 23 heteroatoms. The van der Waals surface area contributed by atoms with E-state index in [0.717, 1.165) is 83.5 Å². The number of sulfone groups is 3. The molecule has 9 aliphatic rings. The molecule has 92 heavy (non-hydrogen) atoms. The first-order valence-corrected chi connectivity index (χ1v) is 37.4. The number of aromatic carboxylic acids is 1. The molecule has 3 heterocycles. The second-order valence-electron chi connectivity index (χ2n) is 32.0. The van der Waals surface area contributed by atoms with Crippen LogP contribution in [0.25, 0.3) is 0 Å². The second kappa shape index (κ2) is 24.8. The number of amides is 2. The SMILES string of the molecule is CC1(C)CCC[C@]2(C)[C@H]3CS(=O)(=O)c4cc(C(=O)O)cc(O)c4[C@]3(C)CC[C@@H]12.CON.CONC(=O)c1cc(O)c2c(c1)S(=O)(=O)C[C@@H]1[C@@]3(C)CCCC(C)(C)[C@@H]3CC[C@@]21C.CONC(=O)c1cc(O)c2c(c1)S(=O)(=O)C[C@@H]1[C@@]3(C)CCCC(C)(C)[C@@H]3CC[C@@]21C.Cl. The Morgan fingerprint density at radius 3 is 0.935 bits per heavy atom. The highest BCUT2D eigenvalue weighted by atomic mass is 35.5. The topological polar surface area (TPSA) is 312 Å². The molecular weight excluding hydrogens is 1260 g/mol. The van der Waals surface area contributed by atoms with E-state index in [0.29, 0.717) is 34.4 Å². The van der Waals surface area contributed by atoms with Crippen molar-refractivity contribution in [2.75, 3.05) is 38.6 Å². The molecule has 0 bridgehead atoms. The van der Waals surface area contributed by atoms with Crippen LogP contribution in [-0.4, -0.2) is 102 Å². The third-order valence-electron chi connectivity index (χ3n) is 25.7. The highest BCUT2D eigenvalue weighted by molar-refractivity contribution is 7.92. The molecule has 12 atom stereocenters. The fourth-order valence-corrected chi connectivity index (χ4v) is 28.8. The summed E-state index contributed by atoms with van der Waals surface area (Å²) in [6.07, 6.45) is 15.3. The highest BCUT2D eigenvalue weighted by Crippen LogP contribution is 2.71. The van der Waals surface area contributed by atoms with Crippen molar-refractivity contribution >= 4 is 59.7 Å². The zero-order valence-corrected chi connectivity index (χ0v) is 59.8. The number of carbonyl (C=O) groups is 3. The van der Waals surface area contributed by atoms with E-state index >= 15 is 0 Å². The molecule has 8 N–H and O–H groups in total. The lowest BCUT2D eigenvalue weighted by Crippen LogP contribution is -2.59. The zero-order chi connectivity index (χ0) is 67.6. The van der Waals surface area contributed by atoms with Crippen molar-refractivity contribution in [1.82, 2.24) is 11.0 Å². The van der Waals surface area contributed by atoms with Gasteiger partial charge in [-0.2, -0.15) is 0 Å². The lowest BCUT2D eigenvalue weighted by molar-refractivity contribution is -0.0986. The number of carboxylic acid groups (broad SMARTS) is 1. The molecule has 2 amide bonds. The number of carbonyl (C=O) groups excluding carboxylic acids is 2. The zero-order valence-electron chi connectivity index (χ0n) is 56.6. The maximum Gasteiger partial charge on any atom is 0.335 e. The van der Waals surface area contributed by atoms with Gasteiger partial charge in [-0.15, -0.1) is 12.4 Å². The largest absolute Gasteiger partial charge is 0.508 e. The van der Waals surface area contributed by atoms with Gasteiger partial charge in [0.1, 0.15) is 17.2 Å². The summed E-state index contributed by atoms with van der Waals surface area (Å²) in [7, 11) is -6.96. The van der Waals surface area contributed by atoms with Crippen molar-refractivity contribution in [1.29, 1.82) is 0 Å². The number of phenolic OH excluding ortho intramolecular Hbond substituents is 3. The number of benzene rings is 3. The van der Waals surface area contributed by atoms with Gasteiger partial charge < -0.3 is 25.3 Å². The van der Waals surface area contributed by atoms with Gasteiger partial charge in [-0.05, 0) is 181 Å². The van der Waals surface area contributed by atoms with Crippen molar-refractivity contribution in [2.45, 2.75) is 210 Å². The van der Waals surface area contributed by atoms with E-state index in [-0.39, 0.29) is 129 Å². The molecule has 12 rings (SSSR count). The number of hydrogen-bond donors (Lipinski definition) is 7. The van der Waals surface area contributed by atoms with Crippen molar-refractivity contribution in [3.05, 3.63) is 69.8 Å². The minimum absolute atomic E-state index is 0. The molecule has 3 aromatic rings. The molecule has 6 aliphatic carbocycles. The van der Waals surface area contributed by atoms with Crippen molar-refractivity contribution in [3.8, 4) is 17.2 Å². The van der Waals surface area contributed by atoms with Crippen LogP contribution < -0.4 is 16.9 Å². The fraction of sp³-hybridized carbons (Fsp3) is 0.696. The van der Waals surface area contributed by atoms with Crippen LogP contribution in [0.1, 0.15) is 227 Å². The standard InChI is InChI=1S/2C23H33NO5S.C22H30O5S.CH5NO.ClH/c2*1-21(2)8-6-9-22(3)17(21)7-10-23(4)18(22)13-30(27,28)16-12-14(20(26)24-29-5)11-15(25)19(16)23;1-20(2)7-5-8-21(3)16(20)6-9-22(4)17(21)12-28(26,27)15-11-13(19(24)25)10-14(23)18(15)22;1-3-2;/h2*11-12,17-18,25H,6-10,13H2,1-5H3,(H,24,26);10-11,16-17,23H,5-9,12H2,1-4H3,(H,24,25);2H2,1H3;1H/t2*17-,18+,22-,23+;16-,17+,21-,22+;;/m000../s1. The number of nitrogens with one attached hydrogen (secondary N) is 2. The average Bonchev–Trinajstić information content (AvgIpc) is 0.706. The van der Waals surface area contributed by atoms with E-state index in [2.05, 4.69) is 114 Å². The molecule has 3 aliphatic heterocycles. The van der Waals surface area contributed by atoms with Gasteiger partial charge in [0.2, 0.25) is 0 Å². The normalized spacial score (nSPS) is 35.3. The minimum atomic E-state index is -3.68. The van der Waals surface area contributed by atoms with Crippen LogP contribution in [0.15, 0.2) is 51.1 Å². The third-order valence-corrected chi connectivity index (χ3v) is 31.0. The van der Waals surface area contributed by atoms with E-state index in [1.165, 1.54) is 70.6 Å². The molecule has 0 aromatic heterocycles. The van der Waals surface area contributed by atoms with Crippen LogP contribution in [0.5, 0.6) is 17.2 Å². The monoisotopic (exact) mass is 1360 g/mol. The predicted molar refractivity (Wildman–Crippen MR) is 353 cm³/mol. The number of fused-ring (bicyclic) bond motifs is 15. The van der Waals surface area contributed by atoms with Crippen LogP contribution >= 0.6 is 12.4 Å². The Kier molecular flexibility index (Phi) is 19.8. The summed E-state index contributed by atoms with van der Waals surface area (Å²) in [4.78, 5) is 49.1. The first-order chi connectivity index (χ1) is 42.0. The number of hydroxylamine groups is 2. The molecular formula is C69H102ClN3O16S3. The van der Waals surface area contributed by atoms with Crippen LogP contribution in [0.3, 0.4) is 0 Å². The Hall–Kier alpha value is -4.55. The Morgan fingerprint density at radius 1 is 0.435 bits per heavy atom. The van der Waals surface area contributed by atoms with Gasteiger partial charge in [-0.1, -0.05) is 102 Å². The predicted octanol–water partition coefficient (Wildman–Crippen LogP) is 12.2. The van der Waals surface area contributed by atoms with E-state index in [4.69, 9.17) is 0 Å². The summed E-state index contributed by atoms with van der Waals surface area (Å²) >= 11 is 0. The lowest BCUT2D eigenvalue weighted by Gasteiger charge is -2.63. The van der Waals surface area contributed by atoms with Gasteiger partial charge in [-0.3, -0.25) is 19.3 Å². The number of nitrogens with two attached hydrogens (primary N) is 1. The van der Waals surface area contributed by atoms with Gasteiger partial charge in [0.15, 0.2) is 29.5 Å². The van der Waals surface area contributed by atoms with E-state index in [1.807, 2.05) is 0 Å². The van der Waals surface area contributed by atoms with Gasteiger partial charge >= 0.3 is 5.97 Å². The summed E-state index contributed by atoms with van der Waals surface area (Å²) in [6, 6.07) is 8.00. The number of carboxylic acids is 1. The number of rotatable bonds is 5. The third kappa shape index (κ3) is 11.9. The molecule has 0 radical (unpaired) electrons. The lowest BCUT2D eigenvalue weighted by atomic mass is 9.43. The Labute approximate surface area is 551 Å². The van der Waals surface area contributed by atoms with Crippen LogP contribution in [-0.2, 0) is 60.3 Å². The summed E-state index contributed by atoms with van der Waals surface area (Å²) in [5.41, 5.74) is 4.68. The quantitative estimate of drug-likeness (QED) is 0.117. The number of phenols is 3. The summed E-state index contributed by atoms with van der Waals surface area (Å²) in [5.74, 6) is 2.86. The van der Waals surface area contributed by atoms with E-state index in [9.17, 15) is 60.1 Å². The van der Waals surface area contributed by atoms with Crippen LogP contribution in [0.4, 0.5) is 0 Å². The van der Waals surface area contributed by atoms with Crippen LogP contribution in [0.2, 0.25) is 0 Å². The molecule has 0 spiro atoms. The van der Waals surface area contributed by atoms with Gasteiger partial charge in [0.25, 0.3) is 11.8 Å². The second-order valence-corrected chi connectivity index (χ2v) is 38.0. The van der Waals surface area contributed by atoms with Gasteiger partial charge in [-0.25, -0.2) is 46.9 Å². The molecule has 3 aromatic carbocycles. The maximum absolute atomic E-state index is 13.5. The van der Waals surface area contributed by atoms with E-state index in [1.54, 1.807) is 0 Å². The summed E-state index contributed by atoms with van der Waals surface area (Å²) < 4.78 is 80.4. The average molecular weight is 1360 g/mol. The maximum atomic E-state index is 13.5. The van der Waals surface area contributed by atoms with E-state index < -0.39 is 63.5 Å². The minimum Gasteiger partial charge on any atom is -0.508 e. The molecule has 6 fully saturated rings. The van der Waals surface area contributed by atoms with Crippen LogP contribution in [0, 0.1) is 68.0 Å². The molecule has 0 unspecified atom stereocenters. The highest BCUT2D eigenvalue weighted by Gasteiger charge is 2.66. The number of halogens is 1. The smallest absolute Gasteiger partial charge is 0.335 e. The molecule has 19 nitrogen and oxygen atoms in total. The Bertz CT molecular complexity index is 3600. The fourth-order valence-electron chi connectivity index (χ4n) is 21.8. The Balaban J connectivity index is 0.000000173. The van der Waals surface area contributed by atoms with Crippen molar-refractivity contribution in [3.63, 3.8) is 0 Å². The first-order valence-electron chi connectivity index (χ1n) is 32.4. The van der Waals surface area contributed by atoms with Crippen molar-refractivity contribution < 1.29 is 74.6 Å². The summed E-state index contributed by atoms with van der Waals surface area (Å²) in [5, 5.41) is 42.1. The molecule has 6 saturated carbocycles. The van der Waals surface area contributed by atoms with Gasteiger partial charge in [0.05, 0.1) is 58.8 Å². The Morgan fingerprint density at radius 2 is 0.685 bits per heavy atom. The van der Waals surface area contributed by atoms with Gasteiger partial charge in [0, 0.05) is 44.1 Å². The molecule has 514 valence electrons. The van der Waals surface area contributed by atoms with Crippen molar-refractivity contribution in [2.24, 2.45) is 73.9 Å². The molecule has 0 saturated heterocycles.